The van der Waals surface area contributed by atoms with Gasteiger partial charge >= 0.3 is 0 Å². The number of rotatable bonds is 9. The molecule has 7 heteroatoms. The van der Waals surface area contributed by atoms with Gasteiger partial charge in [-0.3, -0.25) is 9.59 Å². The van der Waals surface area contributed by atoms with Crippen LogP contribution in [0.15, 0.2) is 53.4 Å². The summed E-state index contributed by atoms with van der Waals surface area (Å²) >= 11 is 0. The minimum atomic E-state index is -3.53. The average molecular weight is 403 g/mol. The summed E-state index contributed by atoms with van der Waals surface area (Å²) in [7, 11) is -3.53. The number of benzene rings is 2. The Kier molecular flexibility index (Phi) is 7.48. The number of carbonyl (C=O) groups excluding carboxylic acids is 2. The number of Topliss-reactive ketones (excluding diaryl/α,β-unsaturated/α-hetero) is 1. The molecular formula is C21H26N2O4S. The summed E-state index contributed by atoms with van der Waals surface area (Å²) in [5.74, 6) is -0.379. The van der Waals surface area contributed by atoms with Gasteiger partial charge in [-0.25, -0.2) is 8.42 Å². The van der Waals surface area contributed by atoms with Crippen LogP contribution in [0, 0.1) is 6.92 Å². The van der Waals surface area contributed by atoms with E-state index in [0.717, 1.165) is 5.56 Å². The lowest BCUT2D eigenvalue weighted by Gasteiger charge is -2.18. The monoisotopic (exact) mass is 402 g/mol. The van der Waals surface area contributed by atoms with E-state index in [1.54, 1.807) is 38.1 Å². The quantitative estimate of drug-likeness (QED) is 0.649. The zero-order valence-corrected chi connectivity index (χ0v) is 17.3. The van der Waals surface area contributed by atoms with Gasteiger partial charge in [-0.15, -0.1) is 0 Å². The Labute approximate surface area is 166 Å². The number of sulfonamides is 1. The van der Waals surface area contributed by atoms with Gasteiger partial charge in [0.05, 0.1) is 4.90 Å². The number of carbonyl (C=O) groups is 2. The maximum Gasteiger partial charge on any atom is 0.243 e. The van der Waals surface area contributed by atoms with E-state index in [4.69, 9.17) is 0 Å². The smallest absolute Gasteiger partial charge is 0.243 e. The highest BCUT2D eigenvalue weighted by molar-refractivity contribution is 7.89. The second kappa shape index (κ2) is 9.61. The van der Waals surface area contributed by atoms with E-state index in [1.165, 1.54) is 16.4 Å². The molecule has 0 bridgehead atoms. The molecule has 1 N–H and O–H groups in total. The Morgan fingerprint density at radius 2 is 1.46 bits per heavy atom. The number of anilines is 1. The summed E-state index contributed by atoms with van der Waals surface area (Å²) < 4.78 is 26.3. The Morgan fingerprint density at radius 3 is 2.00 bits per heavy atom. The molecule has 0 aliphatic carbocycles. The van der Waals surface area contributed by atoms with Crippen LogP contribution in [-0.4, -0.2) is 37.5 Å². The van der Waals surface area contributed by atoms with Crippen LogP contribution >= 0.6 is 0 Å². The topological polar surface area (TPSA) is 83.6 Å². The van der Waals surface area contributed by atoms with Gasteiger partial charge < -0.3 is 5.32 Å². The second-order valence-electron chi connectivity index (χ2n) is 6.45. The largest absolute Gasteiger partial charge is 0.326 e. The van der Waals surface area contributed by atoms with Crippen LogP contribution in [0.5, 0.6) is 0 Å². The summed E-state index contributed by atoms with van der Waals surface area (Å²) in [4.78, 5) is 24.4. The number of ketones is 1. The Hall–Kier alpha value is -2.51. The summed E-state index contributed by atoms with van der Waals surface area (Å²) in [5, 5.41) is 2.69. The molecule has 150 valence electrons. The number of aryl methyl sites for hydroxylation is 1. The fraction of sp³-hybridized carbons (Fsp3) is 0.333. The molecule has 0 heterocycles. The van der Waals surface area contributed by atoms with Crippen molar-refractivity contribution in [3.63, 3.8) is 0 Å². The normalized spacial score (nSPS) is 11.4. The molecule has 0 aliphatic rings. The first-order valence-electron chi connectivity index (χ1n) is 9.27. The van der Waals surface area contributed by atoms with Crippen LogP contribution in [0.2, 0.25) is 0 Å². The maximum atomic E-state index is 12.5. The molecule has 0 saturated carbocycles. The zero-order chi connectivity index (χ0) is 20.7. The van der Waals surface area contributed by atoms with Gasteiger partial charge in [-0.05, 0) is 31.2 Å². The van der Waals surface area contributed by atoms with Crippen molar-refractivity contribution in [3.05, 3.63) is 59.7 Å². The SMILES string of the molecule is CCN(CC)S(=O)(=O)c1ccc(NC(=O)CCC(=O)c2ccc(C)cc2)cc1. The van der Waals surface area contributed by atoms with Crippen LogP contribution in [0.25, 0.3) is 0 Å². The lowest BCUT2D eigenvalue weighted by atomic mass is 10.0. The summed E-state index contributed by atoms with van der Waals surface area (Å²) in [6.45, 7) is 6.31. The molecule has 0 atom stereocenters. The minimum Gasteiger partial charge on any atom is -0.326 e. The highest BCUT2D eigenvalue weighted by Gasteiger charge is 2.21. The van der Waals surface area contributed by atoms with E-state index >= 15 is 0 Å². The van der Waals surface area contributed by atoms with Crippen molar-refractivity contribution in [3.8, 4) is 0 Å². The molecule has 2 aromatic carbocycles. The lowest BCUT2D eigenvalue weighted by molar-refractivity contribution is -0.116. The van der Waals surface area contributed by atoms with Crippen molar-refractivity contribution in [1.82, 2.24) is 4.31 Å². The fourth-order valence-corrected chi connectivity index (χ4v) is 4.22. The zero-order valence-electron chi connectivity index (χ0n) is 16.4. The number of hydrogen-bond donors (Lipinski definition) is 1. The number of hydrogen-bond acceptors (Lipinski definition) is 4. The number of nitrogens with zero attached hydrogens (tertiary/aromatic N) is 1. The van der Waals surface area contributed by atoms with E-state index in [1.807, 2.05) is 19.1 Å². The third kappa shape index (κ3) is 5.50. The molecule has 0 unspecified atom stereocenters. The van der Waals surface area contributed by atoms with E-state index in [0.29, 0.717) is 24.3 Å². The molecule has 0 fully saturated rings. The molecule has 1 amide bonds. The van der Waals surface area contributed by atoms with Crippen molar-refractivity contribution in [2.75, 3.05) is 18.4 Å². The van der Waals surface area contributed by atoms with Crippen LogP contribution < -0.4 is 5.32 Å². The molecule has 2 rings (SSSR count). The van der Waals surface area contributed by atoms with E-state index in [-0.39, 0.29) is 29.4 Å². The van der Waals surface area contributed by atoms with Gasteiger partial charge in [-0.1, -0.05) is 43.7 Å². The Bertz CT molecular complexity index is 916. The standard InChI is InChI=1S/C21H26N2O4S/c1-4-23(5-2)28(26,27)19-12-10-18(11-13-19)22-21(25)15-14-20(24)17-8-6-16(3)7-9-17/h6-13H,4-5,14-15H2,1-3H3,(H,22,25). The minimum absolute atomic E-state index is 0.0617. The molecule has 28 heavy (non-hydrogen) atoms. The van der Waals surface area contributed by atoms with E-state index in [9.17, 15) is 18.0 Å². The van der Waals surface area contributed by atoms with Crippen LogP contribution in [0.4, 0.5) is 5.69 Å². The predicted molar refractivity (Wildman–Crippen MR) is 110 cm³/mol. The highest BCUT2D eigenvalue weighted by atomic mass is 32.2. The number of nitrogens with one attached hydrogen (secondary N) is 1. The highest BCUT2D eigenvalue weighted by Crippen LogP contribution is 2.18. The van der Waals surface area contributed by atoms with Crippen molar-refractivity contribution in [1.29, 1.82) is 0 Å². The molecule has 0 aromatic heterocycles. The third-order valence-corrected chi connectivity index (χ3v) is 6.50. The van der Waals surface area contributed by atoms with Gasteiger partial charge in [0.25, 0.3) is 0 Å². The average Bonchev–Trinajstić information content (AvgIpc) is 2.68. The van der Waals surface area contributed by atoms with Crippen LogP contribution in [0.1, 0.15) is 42.6 Å². The predicted octanol–water partition coefficient (Wildman–Crippen LogP) is 3.63. The van der Waals surface area contributed by atoms with Gasteiger partial charge in [0.1, 0.15) is 0 Å². The van der Waals surface area contributed by atoms with Crippen molar-refractivity contribution in [2.24, 2.45) is 0 Å². The maximum absolute atomic E-state index is 12.5. The van der Waals surface area contributed by atoms with Crippen LogP contribution in [-0.2, 0) is 14.8 Å². The van der Waals surface area contributed by atoms with Gasteiger partial charge in [0.2, 0.25) is 15.9 Å². The fourth-order valence-electron chi connectivity index (χ4n) is 2.76. The summed E-state index contributed by atoms with van der Waals surface area (Å²) in [6, 6.07) is 13.3. The summed E-state index contributed by atoms with van der Waals surface area (Å²) in [6.07, 6.45) is 0.176. The third-order valence-electron chi connectivity index (χ3n) is 4.43. The second-order valence-corrected chi connectivity index (χ2v) is 8.39. The Balaban J connectivity index is 1.94. The first kappa shape index (κ1) is 21.8. The number of amides is 1. The lowest BCUT2D eigenvalue weighted by Crippen LogP contribution is -2.30. The van der Waals surface area contributed by atoms with E-state index < -0.39 is 10.0 Å². The molecule has 0 radical (unpaired) electrons. The van der Waals surface area contributed by atoms with Crippen molar-refractivity contribution < 1.29 is 18.0 Å². The molecule has 0 saturated heterocycles. The molecule has 0 aliphatic heterocycles. The molecular weight excluding hydrogens is 376 g/mol. The molecule has 6 nitrogen and oxygen atoms in total. The van der Waals surface area contributed by atoms with E-state index in [2.05, 4.69) is 5.32 Å². The molecule has 0 spiro atoms. The van der Waals surface area contributed by atoms with Gasteiger partial charge in [-0.2, -0.15) is 4.31 Å². The first-order chi connectivity index (χ1) is 13.3. The molecule has 2 aromatic rings. The van der Waals surface area contributed by atoms with Crippen molar-refractivity contribution in [2.45, 2.75) is 38.5 Å². The van der Waals surface area contributed by atoms with Gasteiger partial charge in [0, 0.05) is 37.2 Å². The van der Waals surface area contributed by atoms with Crippen LogP contribution in [0.3, 0.4) is 0 Å². The first-order valence-corrected chi connectivity index (χ1v) is 10.7. The van der Waals surface area contributed by atoms with Crippen molar-refractivity contribution >= 4 is 27.4 Å². The van der Waals surface area contributed by atoms with Gasteiger partial charge in [0.15, 0.2) is 5.78 Å². The summed E-state index contributed by atoms with van der Waals surface area (Å²) in [5.41, 5.74) is 2.15. The Morgan fingerprint density at radius 1 is 0.893 bits per heavy atom.